The van der Waals surface area contributed by atoms with Gasteiger partial charge in [-0.2, -0.15) is 9.36 Å². The van der Waals surface area contributed by atoms with Gasteiger partial charge in [-0.15, -0.1) is 0 Å². The summed E-state index contributed by atoms with van der Waals surface area (Å²) in [5.74, 6) is 1.18. The van der Waals surface area contributed by atoms with Gasteiger partial charge in [0.25, 0.3) is 5.91 Å². The lowest BCUT2D eigenvalue weighted by atomic mass is 10.2. The third-order valence-corrected chi connectivity index (χ3v) is 4.22. The van der Waals surface area contributed by atoms with Gasteiger partial charge in [0.05, 0.1) is 23.9 Å². The molecule has 0 saturated carbocycles. The zero-order valence-corrected chi connectivity index (χ0v) is 14.3. The summed E-state index contributed by atoms with van der Waals surface area (Å²) >= 11 is 1.25. The Labute approximate surface area is 142 Å². The highest BCUT2D eigenvalue weighted by atomic mass is 32.1. The van der Waals surface area contributed by atoms with Gasteiger partial charge in [-0.25, -0.2) is 0 Å². The maximum Gasteiger partial charge on any atom is 0.254 e. The van der Waals surface area contributed by atoms with E-state index in [1.54, 1.807) is 26.3 Å². The number of rotatable bonds is 5. The molecule has 3 aromatic rings. The van der Waals surface area contributed by atoms with Gasteiger partial charge >= 0.3 is 0 Å². The number of benzene rings is 1. The van der Waals surface area contributed by atoms with Crippen molar-refractivity contribution >= 4 is 17.4 Å². The molecule has 0 fully saturated rings. The predicted molar refractivity (Wildman–Crippen MR) is 89.0 cm³/mol. The van der Waals surface area contributed by atoms with Crippen LogP contribution in [0.5, 0.6) is 5.75 Å². The fourth-order valence-electron chi connectivity index (χ4n) is 2.20. The number of hydrogen-bond donors (Lipinski definition) is 1. The Balaban J connectivity index is 1.78. The van der Waals surface area contributed by atoms with Gasteiger partial charge in [0.15, 0.2) is 0 Å². The number of para-hydroxylation sites is 1. The summed E-state index contributed by atoms with van der Waals surface area (Å²) in [6.07, 6.45) is 0. The fourth-order valence-corrected chi connectivity index (χ4v) is 2.89. The second-order valence-electron chi connectivity index (χ2n) is 5.17. The lowest BCUT2D eigenvalue weighted by Gasteiger charge is -2.08. The molecule has 0 saturated heterocycles. The third-order valence-electron chi connectivity index (χ3n) is 3.50. The zero-order chi connectivity index (χ0) is 17.1. The highest BCUT2D eigenvalue weighted by Crippen LogP contribution is 2.28. The van der Waals surface area contributed by atoms with E-state index >= 15 is 0 Å². The van der Waals surface area contributed by atoms with Gasteiger partial charge < -0.3 is 14.6 Å². The van der Waals surface area contributed by atoms with Crippen LogP contribution in [-0.2, 0) is 0 Å². The first-order valence-electron chi connectivity index (χ1n) is 7.29. The Morgan fingerprint density at radius 1 is 1.38 bits per heavy atom. The summed E-state index contributed by atoms with van der Waals surface area (Å²) in [5.41, 5.74) is 1.98. The van der Waals surface area contributed by atoms with Gasteiger partial charge in [-0.05, 0) is 37.5 Å². The van der Waals surface area contributed by atoms with Crippen molar-refractivity contribution in [3.63, 3.8) is 0 Å². The first-order chi connectivity index (χ1) is 11.6. The number of nitrogens with zero attached hydrogens (tertiary/aromatic N) is 3. The van der Waals surface area contributed by atoms with E-state index in [2.05, 4.69) is 19.8 Å². The minimum absolute atomic E-state index is 0.217. The Bertz CT molecular complexity index is 858. The van der Waals surface area contributed by atoms with E-state index in [1.165, 1.54) is 11.5 Å². The molecule has 0 bridgehead atoms. The molecule has 2 heterocycles. The number of nitrogens with one attached hydrogen (secondary N) is 1. The molecule has 1 N–H and O–H groups in total. The molecule has 0 aliphatic heterocycles. The molecule has 0 aliphatic rings. The topological polar surface area (TPSA) is 90.1 Å². The van der Waals surface area contributed by atoms with E-state index in [4.69, 9.17) is 9.26 Å². The Morgan fingerprint density at radius 2 is 2.17 bits per heavy atom. The summed E-state index contributed by atoms with van der Waals surface area (Å²) < 4.78 is 14.7. The molecule has 3 rings (SSSR count). The van der Waals surface area contributed by atoms with Crippen LogP contribution in [0.4, 0.5) is 0 Å². The number of aryl methyl sites for hydroxylation is 1. The molecule has 0 unspecified atom stereocenters. The van der Waals surface area contributed by atoms with Crippen LogP contribution in [0.25, 0.3) is 11.4 Å². The smallest absolute Gasteiger partial charge is 0.254 e. The number of amides is 1. The lowest BCUT2D eigenvalue weighted by molar-refractivity contribution is 0.0932. The van der Waals surface area contributed by atoms with E-state index in [1.807, 2.05) is 24.3 Å². The van der Waals surface area contributed by atoms with Crippen molar-refractivity contribution in [2.75, 3.05) is 7.11 Å². The molecular formula is C16H16N4O3S. The monoisotopic (exact) mass is 344 g/mol. The van der Waals surface area contributed by atoms with E-state index in [9.17, 15) is 4.79 Å². The first kappa shape index (κ1) is 16.1. The molecule has 0 radical (unpaired) electrons. The molecular weight excluding hydrogens is 328 g/mol. The van der Waals surface area contributed by atoms with Gasteiger partial charge in [0.2, 0.25) is 11.7 Å². The minimum atomic E-state index is -0.423. The molecule has 7 nitrogen and oxygen atoms in total. The highest BCUT2D eigenvalue weighted by molar-refractivity contribution is 7.03. The largest absolute Gasteiger partial charge is 0.496 e. The van der Waals surface area contributed by atoms with Crippen molar-refractivity contribution in [2.24, 2.45) is 0 Å². The lowest BCUT2D eigenvalue weighted by Crippen LogP contribution is -2.27. The van der Waals surface area contributed by atoms with Crippen LogP contribution >= 0.6 is 11.5 Å². The van der Waals surface area contributed by atoms with Crippen LogP contribution in [-0.4, -0.2) is 27.5 Å². The summed E-state index contributed by atoms with van der Waals surface area (Å²) in [6.45, 7) is 3.58. The average Bonchev–Trinajstić information content (AvgIpc) is 3.23. The summed E-state index contributed by atoms with van der Waals surface area (Å²) in [4.78, 5) is 16.6. The van der Waals surface area contributed by atoms with Crippen LogP contribution in [0.2, 0.25) is 0 Å². The van der Waals surface area contributed by atoms with Crippen LogP contribution in [0.1, 0.15) is 34.9 Å². The van der Waals surface area contributed by atoms with Gasteiger partial charge in [-0.1, -0.05) is 17.3 Å². The molecule has 1 atom stereocenters. The van der Waals surface area contributed by atoms with Crippen molar-refractivity contribution in [3.05, 3.63) is 46.8 Å². The molecule has 1 aromatic carbocycles. The van der Waals surface area contributed by atoms with Crippen molar-refractivity contribution in [3.8, 4) is 17.1 Å². The average molecular weight is 344 g/mol. The highest BCUT2D eigenvalue weighted by Gasteiger charge is 2.20. The first-order valence-corrected chi connectivity index (χ1v) is 8.12. The van der Waals surface area contributed by atoms with E-state index < -0.39 is 6.04 Å². The molecule has 24 heavy (non-hydrogen) atoms. The molecule has 0 aliphatic carbocycles. The van der Waals surface area contributed by atoms with Crippen molar-refractivity contribution in [2.45, 2.75) is 19.9 Å². The summed E-state index contributed by atoms with van der Waals surface area (Å²) in [6, 6.07) is 6.97. The Morgan fingerprint density at radius 3 is 2.88 bits per heavy atom. The molecule has 124 valence electrons. The summed E-state index contributed by atoms with van der Waals surface area (Å²) in [7, 11) is 1.58. The van der Waals surface area contributed by atoms with E-state index in [-0.39, 0.29) is 5.91 Å². The maximum atomic E-state index is 12.2. The second kappa shape index (κ2) is 6.79. The van der Waals surface area contributed by atoms with Crippen LogP contribution < -0.4 is 10.1 Å². The van der Waals surface area contributed by atoms with Crippen molar-refractivity contribution < 1.29 is 14.1 Å². The zero-order valence-electron chi connectivity index (χ0n) is 13.4. The fraction of sp³-hybridized carbons (Fsp3) is 0.250. The molecule has 2 aromatic heterocycles. The normalized spacial score (nSPS) is 12.0. The van der Waals surface area contributed by atoms with Crippen LogP contribution in [0.15, 0.2) is 34.2 Å². The van der Waals surface area contributed by atoms with Crippen LogP contribution in [0.3, 0.4) is 0 Å². The predicted octanol–water partition coefficient (Wildman–Crippen LogP) is 3.00. The van der Waals surface area contributed by atoms with E-state index in [0.29, 0.717) is 28.7 Å². The number of carbonyl (C=O) groups excluding carboxylic acids is 1. The third kappa shape index (κ3) is 3.13. The summed E-state index contributed by atoms with van der Waals surface area (Å²) in [5, 5.41) is 8.52. The second-order valence-corrected chi connectivity index (χ2v) is 5.79. The van der Waals surface area contributed by atoms with Crippen molar-refractivity contribution in [1.82, 2.24) is 19.8 Å². The van der Waals surface area contributed by atoms with Crippen LogP contribution in [0, 0.1) is 6.92 Å². The number of ether oxygens (including phenoxy) is 1. The number of hydrogen-bond acceptors (Lipinski definition) is 7. The van der Waals surface area contributed by atoms with Gasteiger partial charge in [0, 0.05) is 5.38 Å². The molecule has 8 heteroatoms. The number of methoxy groups -OCH3 is 1. The molecule has 0 spiro atoms. The number of aromatic nitrogens is 3. The Hall–Kier alpha value is -2.74. The van der Waals surface area contributed by atoms with Gasteiger partial charge in [0.1, 0.15) is 11.8 Å². The standard InChI is InChI=1S/C16H16N4O3S/c1-9-12(8-24-20-9)15(21)17-10(2)16-18-14(19-23-16)11-6-4-5-7-13(11)22-3/h4-8,10H,1-3H3,(H,17,21)/t10-/m0/s1. The van der Waals surface area contributed by atoms with Crippen molar-refractivity contribution in [1.29, 1.82) is 0 Å². The quantitative estimate of drug-likeness (QED) is 0.765. The minimum Gasteiger partial charge on any atom is -0.496 e. The van der Waals surface area contributed by atoms with E-state index in [0.717, 1.165) is 5.56 Å². The maximum absolute atomic E-state index is 12.2. The van der Waals surface area contributed by atoms with Gasteiger partial charge in [-0.3, -0.25) is 4.79 Å². The molecule has 1 amide bonds. The SMILES string of the molecule is COc1ccccc1-c1noc([C@H](C)NC(=O)c2csnc2C)n1. The Kier molecular flexibility index (Phi) is 4.57. The number of carbonyl (C=O) groups is 1.